The van der Waals surface area contributed by atoms with E-state index in [1.807, 2.05) is 92.0 Å². The van der Waals surface area contributed by atoms with E-state index in [-0.39, 0.29) is 17.9 Å². The first-order chi connectivity index (χ1) is 15.1. The number of nitrogens with one attached hydrogen (secondary N) is 2. The third-order valence-corrected chi connectivity index (χ3v) is 5.19. The molecular weight excluding hydrogens is 386 g/mol. The second kappa shape index (κ2) is 11.1. The van der Waals surface area contributed by atoms with E-state index in [1.165, 1.54) is 0 Å². The molecule has 3 aromatic rings. The van der Waals surface area contributed by atoms with Crippen molar-refractivity contribution in [2.24, 2.45) is 0 Å². The second-order valence-corrected chi connectivity index (χ2v) is 7.59. The van der Waals surface area contributed by atoms with Crippen molar-refractivity contribution in [1.82, 2.24) is 15.5 Å². The van der Waals surface area contributed by atoms with Crippen LogP contribution in [0.3, 0.4) is 0 Å². The Morgan fingerprint density at radius 1 is 0.839 bits per heavy atom. The SMILES string of the molecule is CNC(=O)c1ccc(CN(C)CCC(=O)NC(c2ccccc2)c2ccccc2)cc1. The highest BCUT2D eigenvalue weighted by molar-refractivity contribution is 5.93. The van der Waals surface area contributed by atoms with Crippen molar-refractivity contribution in [3.05, 3.63) is 107 Å². The molecule has 31 heavy (non-hydrogen) atoms. The normalized spacial score (nSPS) is 10.8. The fraction of sp³-hybridized carbons (Fsp3) is 0.231. The summed E-state index contributed by atoms with van der Waals surface area (Å²) in [5.41, 5.74) is 3.86. The van der Waals surface area contributed by atoms with Crippen molar-refractivity contribution in [3.63, 3.8) is 0 Å². The van der Waals surface area contributed by atoms with Gasteiger partial charge in [0.25, 0.3) is 5.91 Å². The van der Waals surface area contributed by atoms with Gasteiger partial charge in [0.15, 0.2) is 0 Å². The predicted octanol–water partition coefficient (Wildman–Crippen LogP) is 3.77. The molecule has 0 unspecified atom stereocenters. The largest absolute Gasteiger partial charge is 0.355 e. The lowest BCUT2D eigenvalue weighted by molar-refractivity contribution is -0.121. The molecule has 0 aliphatic carbocycles. The minimum absolute atomic E-state index is 0.0134. The first kappa shape index (κ1) is 22.2. The molecular formula is C26H29N3O2. The molecule has 3 aromatic carbocycles. The minimum atomic E-state index is -0.169. The summed E-state index contributed by atoms with van der Waals surface area (Å²) in [4.78, 5) is 26.5. The highest BCUT2D eigenvalue weighted by Gasteiger charge is 2.16. The van der Waals surface area contributed by atoms with Crippen molar-refractivity contribution in [3.8, 4) is 0 Å². The molecule has 0 aliphatic heterocycles. The molecule has 0 bridgehead atoms. The van der Waals surface area contributed by atoms with Crippen molar-refractivity contribution < 1.29 is 9.59 Å². The van der Waals surface area contributed by atoms with Gasteiger partial charge in [-0.25, -0.2) is 0 Å². The van der Waals surface area contributed by atoms with Gasteiger partial charge in [0.1, 0.15) is 0 Å². The van der Waals surface area contributed by atoms with Gasteiger partial charge in [-0.3, -0.25) is 9.59 Å². The van der Waals surface area contributed by atoms with Crippen LogP contribution < -0.4 is 10.6 Å². The van der Waals surface area contributed by atoms with E-state index in [0.29, 0.717) is 25.1 Å². The van der Waals surface area contributed by atoms with E-state index in [4.69, 9.17) is 0 Å². The lowest BCUT2D eigenvalue weighted by Crippen LogP contribution is -2.32. The van der Waals surface area contributed by atoms with Gasteiger partial charge in [0, 0.05) is 32.1 Å². The van der Waals surface area contributed by atoms with Crippen molar-refractivity contribution >= 4 is 11.8 Å². The standard InChI is InChI=1S/C26H29N3O2/c1-27-26(31)23-15-13-20(14-16-23)19-29(2)18-17-24(30)28-25(21-9-5-3-6-10-21)22-11-7-4-8-12-22/h3-16,25H,17-19H2,1-2H3,(H,27,31)(H,28,30). The van der Waals surface area contributed by atoms with Crippen LogP contribution in [0, 0.1) is 0 Å². The zero-order chi connectivity index (χ0) is 22.1. The van der Waals surface area contributed by atoms with Crippen LogP contribution in [0.4, 0.5) is 0 Å². The van der Waals surface area contributed by atoms with E-state index >= 15 is 0 Å². The Labute approximate surface area is 184 Å². The second-order valence-electron chi connectivity index (χ2n) is 7.59. The third-order valence-electron chi connectivity index (χ3n) is 5.19. The Balaban J connectivity index is 1.56. The van der Waals surface area contributed by atoms with E-state index < -0.39 is 0 Å². The molecule has 0 fully saturated rings. The lowest BCUT2D eigenvalue weighted by atomic mass is 9.98. The zero-order valence-corrected chi connectivity index (χ0v) is 18.0. The molecule has 160 valence electrons. The average molecular weight is 416 g/mol. The molecule has 3 rings (SSSR count). The van der Waals surface area contributed by atoms with Crippen LogP contribution in [-0.4, -0.2) is 37.4 Å². The van der Waals surface area contributed by atoms with Gasteiger partial charge in [0.05, 0.1) is 6.04 Å². The summed E-state index contributed by atoms with van der Waals surface area (Å²) in [5, 5.41) is 5.80. The minimum Gasteiger partial charge on any atom is -0.355 e. The highest BCUT2D eigenvalue weighted by Crippen LogP contribution is 2.21. The van der Waals surface area contributed by atoms with Crippen LogP contribution >= 0.6 is 0 Å². The van der Waals surface area contributed by atoms with Crippen LogP contribution in [0.5, 0.6) is 0 Å². The summed E-state index contributed by atoms with van der Waals surface area (Å²) in [6.45, 7) is 1.35. The Morgan fingerprint density at radius 3 is 1.90 bits per heavy atom. The number of carbonyl (C=O) groups is 2. The Kier molecular flexibility index (Phi) is 7.96. The molecule has 0 saturated carbocycles. The molecule has 5 nitrogen and oxygen atoms in total. The van der Waals surface area contributed by atoms with E-state index in [9.17, 15) is 9.59 Å². The first-order valence-corrected chi connectivity index (χ1v) is 10.5. The summed E-state index contributed by atoms with van der Waals surface area (Å²) in [7, 11) is 3.61. The quantitative estimate of drug-likeness (QED) is 0.559. The molecule has 0 heterocycles. The van der Waals surface area contributed by atoms with Crippen molar-refractivity contribution in [2.45, 2.75) is 19.0 Å². The molecule has 0 aromatic heterocycles. The molecule has 0 saturated heterocycles. The topological polar surface area (TPSA) is 61.4 Å². The van der Waals surface area contributed by atoms with Gasteiger partial charge >= 0.3 is 0 Å². The number of rotatable bonds is 9. The molecule has 0 radical (unpaired) electrons. The molecule has 5 heteroatoms. The molecule has 0 spiro atoms. The maximum atomic E-state index is 12.7. The van der Waals surface area contributed by atoms with Crippen molar-refractivity contribution in [2.75, 3.05) is 20.6 Å². The maximum Gasteiger partial charge on any atom is 0.251 e. The van der Waals surface area contributed by atoms with E-state index in [2.05, 4.69) is 15.5 Å². The fourth-order valence-electron chi connectivity index (χ4n) is 3.47. The predicted molar refractivity (Wildman–Crippen MR) is 124 cm³/mol. The Hall–Kier alpha value is -3.44. The monoisotopic (exact) mass is 415 g/mol. The van der Waals surface area contributed by atoms with E-state index in [0.717, 1.165) is 16.7 Å². The number of nitrogens with zero attached hydrogens (tertiary/aromatic N) is 1. The number of benzene rings is 3. The van der Waals surface area contributed by atoms with Crippen LogP contribution in [0.1, 0.15) is 39.5 Å². The Bertz CT molecular complexity index is 933. The van der Waals surface area contributed by atoms with Gasteiger partial charge < -0.3 is 15.5 Å². The summed E-state index contributed by atoms with van der Waals surface area (Å²) >= 11 is 0. The van der Waals surface area contributed by atoms with Gasteiger partial charge in [0.2, 0.25) is 5.91 Å². The number of hydrogen-bond donors (Lipinski definition) is 2. The van der Waals surface area contributed by atoms with Crippen LogP contribution in [0.15, 0.2) is 84.9 Å². The molecule has 0 atom stereocenters. The third kappa shape index (κ3) is 6.52. The smallest absolute Gasteiger partial charge is 0.251 e. The summed E-state index contributed by atoms with van der Waals surface area (Å²) < 4.78 is 0. The molecule has 2 N–H and O–H groups in total. The van der Waals surface area contributed by atoms with Crippen LogP contribution in [-0.2, 0) is 11.3 Å². The highest BCUT2D eigenvalue weighted by atomic mass is 16.2. The summed E-state index contributed by atoms with van der Waals surface area (Å²) in [6, 6.07) is 27.4. The first-order valence-electron chi connectivity index (χ1n) is 10.5. The van der Waals surface area contributed by atoms with Crippen LogP contribution in [0.2, 0.25) is 0 Å². The van der Waals surface area contributed by atoms with Crippen LogP contribution in [0.25, 0.3) is 0 Å². The van der Waals surface area contributed by atoms with E-state index in [1.54, 1.807) is 7.05 Å². The van der Waals surface area contributed by atoms with Gasteiger partial charge in [-0.15, -0.1) is 0 Å². The van der Waals surface area contributed by atoms with Gasteiger partial charge in [-0.1, -0.05) is 72.8 Å². The van der Waals surface area contributed by atoms with Crippen molar-refractivity contribution in [1.29, 1.82) is 0 Å². The maximum absolute atomic E-state index is 12.7. The summed E-state index contributed by atoms with van der Waals surface area (Å²) in [5.74, 6) is -0.0810. The Morgan fingerprint density at radius 2 is 1.39 bits per heavy atom. The van der Waals surface area contributed by atoms with Gasteiger partial charge in [-0.2, -0.15) is 0 Å². The number of amides is 2. The number of carbonyl (C=O) groups excluding carboxylic acids is 2. The van der Waals surface area contributed by atoms with Gasteiger partial charge in [-0.05, 0) is 35.9 Å². The fourth-order valence-corrected chi connectivity index (χ4v) is 3.47. The number of hydrogen-bond acceptors (Lipinski definition) is 3. The zero-order valence-electron chi connectivity index (χ0n) is 18.0. The molecule has 0 aliphatic rings. The average Bonchev–Trinajstić information content (AvgIpc) is 2.82. The lowest BCUT2D eigenvalue weighted by Gasteiger charge is -2.21. The summed E-state index contributed by atoms with van der Waals surface area (Å²) in [6.07, 6.45) is 0.406. The molecule has 2 amide bonds.